The molecule has 2 aromatic rings. The zero-order chi connectivity index (χ0) is 23.9. The summed E-state index contributed by atoms with van der Waals surface area (Å²) in [6.07, 6.45) is 2.31. The SMILES string of the molecule is CCC(C)NC(=O)c1ccccc1NC(=O)CCCN(c1cc(Cl)ccc1C)S(C)(=O)=O. The Labute approximate surface area is 195 Å². The normalized spacial score (nSPS) is 12.2. The topological polar surface area (TPSA) is 95.6 Å². The third-order valence-electron chi connectivity index (χ3n) is 5.04. The maximum Gasteiger partial charge on any atom is 0.253 e. The van der Waals surface area contributed by atoms with Crippen molar-refractivity contribution in [3.63, 3.8) is 0 Å². The lowest BCUT2D eigenvalue weighted by atomic mass is 10.1. The molecule has 0 aromatic heterocycles. The van der Waals surface area contributed by atoms with E-state index in [1.54, 1.807) is 49.4 Å². The zero-order valence-electron chi connectivity index (χ0n) is 18.8. The summed E-state index contributed by atoms with van der Waals surface area (Å²) in [7, 11) is -3.56. The predicted octanol–water partition coefficient (Wildman–Crippen LogP) is 4.36. The van der Waals surface area contributed by atoms with Gasteiger partial charge in [-0.25, -0.2) is 8.42 Å². The molecular weight excluding hydrogens is 450 g/mol. The van der Waals surface area contributed by atoms with Crippen molar-refractivity contribution >= 4 is 44.8 Å². The van der Waals surface area contributed by atoms with Gasteiger partial charge >= 0.3 is 0 Å². The van der Waals surface area contributed by atoms with Crippen LogP contribution in [-0.4, -0.2) is 39.1 Å². The minimum absolute atomic E-state index is 0.0168. The Kier molecular flexibility index (Phi) is 9.09. The summed E-state index contributed by atoms with van der Waals surface area (Å²) < 4.78 is 25.9. The van der Waals surface area contributed by atoms with Crippen molar-refractivity contribution in [3.05, 3.63) is 58.6 Å². The van der Waals surface area contributed by atoms with E-state index in [0.717, 1.165) is 18.2 Å². The Balaban J connectivity index is 2.05. The molecule has 0 fully saturated rings. The molecule has 0 saturated carbocycles. The molecule has 174 valence electrons. The van der Waals surface area contributed by atoms with Crippen LogP contribution < -0.4 is 14.9 Å². The Morgan fingerprint density at radius 2 is 1.84 bits per heavy atom. The summed E-state index contributed by atoms with van der Waals surface area (Å²) in [6, 6.07) is 11.9. The lowest BCUT2D eigenvalue weighted by Gasteiger charge is -2.24. The fourth-order valence-electron chi connectivity index (χ4n) is 3.11. The Morgan fingerprint density at radius 1 is 1.16 bits per heavy atom. The molecule has 7 nitrogen and oxygen atoms in total. The number of nitrogens with zero attached hydrogens (tertiary/aromatic N) is 1. The highest BCUT2D eigenvalue weighted by Crippen LogP contribution is 2.26. The summed E-state index contributed by atoms with van der Waals surface area (Å²) in [6.45, 7) is 5.82. The first-order valence-corrected chi connectivity index (χ1v) is 12.7. The van der Waals surface area contributed by atoms with Crippen LogP contribution in [0.2, 0.25) is 5.02 Å². The first kappa shape index (κ1) is 25.7. The first-order chi connectivity index (χ1) is 15.0. The summed E-state index contributed by atoms with van der Waals surface area (Å²) >= 11 is 6.05. The van der Waals surface area contributed by atoms with Crippen LogP contribution in [0.4, 0.5) is 11.4 Å². The van der Waals surface area contributed by atoms with E-state index in [1.807, 2.05) is 13.8 Å². The number of amides is 2. The number of carbonyl (C=O) groups is 2. The molecule has 0 aliphatic heterocycles. The van der Waals surface area contributed by atoms with Gasteiger partial charge < -0.3 is 10.6 Å². The second-order valence-electron chi connectivity index (χ2n) is 7.75. The molecule has 1 atom stereocenters. The van der Waals surface area contributed by atoms with E-state index in [2.05, 4.69) is 10.6 Å². The van der Waals surface area contributed by atoms with Crippen LogP contribution in [0.25, 0.3) is 0 Å². The molecule has 0 spiro atoms. The number of hydrogen-bond acceptors (Lipinski definition) is 4. The second kappa shape index (κ2) is 11.3. The largest absolute Gasteiger partial charge is 0.350 e. The van der Waals surface area contributed by atoms with Gasteiger partial charge in [0.25, 0.3) is 5.91 Å². The van der Waals surface area contributed by atoms with Gasteiger partial charge in [0.2, 0.25) is 15.9 Å². The fraction of sp³-hybridized carbons (Fsp3) is 0.391. The summed E-state index contributed by atoms with van der Waals surface area (Å²) in [5.74, 6) is -0.556. The third-order valence-corrected chi connectivity index (χ3v) is 6.46. The van der Waals surface area contributed by atoms with Crippen molar-refractivity contribution in [1.82, 2.24) is 5.32 Å². The smallest absolute Gasteiger partial charge is 0.253 e. The van der Waals surface area contributed by atoms with Crippen LogP contribution >= 0.6 is 11.6 Å². The standard InChI is InChI=1S/C23H30ClN3O4S/c1-5-17(3)25-23(29)19-9-6-7-10-20(19)26-22(28)11-8-14-27(32(4,30)31)21-15-18(24)13-12-16(21)2/h6-7,9-10,12-13,15,17H,5,8,11,14H2,1-4H3,(H,25,29)(H,26,28). The summed E-state index contributed by atoms with van der Waals surface area (Å²) in [5.41, 5.74) is 2.07. The number of para-hydroxylation sites is 1. The van der Waals surface area contributed by atoms with Crippen LogP contribution in [0.3, 0.4) is 0 Å². The highest BCUT2D eigenvalue weighted by atomic mass is 35.5. The number of anilines is 2. The number of hydrogen-bond donors (Lipinski definition) is 2. The van der Waals surface area contributed by atoms with Crippen LogP contribution in [0, 0.1) is 6.92 Å². The summed E-state index contributed by atoms with van der Waals surface area (Å²) in [5, 5.41) is 6.09. The van der Waals surface area contributed by atoms with E-state index < -0.39 is 10.0 Å². The zero-order valence-corrected chi connectivity index (χ0v) is 20.4. The molecule has 2 aromatic carbocycles. The molecule has 0 radical (unpaired) electrons. The number of carbonyl (C=O) groups excluding carboxylic acids is 2. The molecule has 9 heteroatoms. The number of rotatable bonds is 10. The van der Waals surface area contributed by atoms with E-state index in [-0.39, 0.29) is 30.8 Å². The number of sulfonamides is 1. The van der Waals surface area contributed by atoms with Crippen LogP contribution in [-0.2, 0) is 14.8 Å². The van der Waals surface area contributed by atoms with Gasteiger partial charge in [0, 0.05) is 24.0 Å². The minimum atomic E-state index is -3.56. The van der Waals surface area contributed by atoms with Crippen LogP contribution in [0.5, 0.6) is 0 Å². The Morgan fingerprint density at radius 3 is 2.50 bits per heavy atom. The van der Waals surface area contributed by atoms with E-state index in [4.69, 9.17) is 11.6 Å². The van der Waals surface area contributed by atoms with Crippen molar-refractivity contribution in [2.75, 3.05) is 22.4 Å². The Hall–Kier alpha value is -2.58. The molecule has 32 heavy (non-hydrogen) atoms. The van der Waals surface area contributed by atoms with Crippen molar-refractivity contribution < 1.29 is 18.0 Å². The molecule has 0 aliphatic rings. The Bertz CT molecular complexity index is 1070. The summed E-state index contributed by atoms with van der Waals surface area (Å²) in [4.78, 5) is 25.0. The molecule has 0 heterocycles. The molecule has 2 N–H and O–H groups in total. The van der Waals surface area contributed by atoms with Gasteiger partial charge in [0.1, 0.15) is 0 Å². The minimum Gasteiger partial charge on any atom is -0.350 e. The first-order valence-electron chi connectivity index (χ1n) is 10.5. The van der Waals surface area contributed by atoms with Gasteiger partial charge in [-0.05, 0) is 56.5 Å². The number of halogens is 1. The molecule has 2 amide bonds. The van der Waals surface area contributed by atoms with Gasteiger partial charge in [-0.1, -0.05) is 36.7 Å². The lowest BCUT2D eigenvalue weighted by molar-refractivity contribution is -0.116. The van der Waals surface area contributed by atoms with Crippen LogP contribution in [0.1, 0.15) is 49.0 Å². The highest BCUT2D eigenvalue weighted by molar-refractivity contribution is 7.92. The van der Waals surface area contributed by atoms with Crippen molar-refractivity contribution in [2.45, 2.75) is 46.1 Å². The van der Waals surface area contributed by atoms with E-state index in [9.17, 15) is 18.0 Å². The van der Waals surface area contributed by atoms with E-state index >= 15 is 0 Å². The fourth-order valence-corrected chi connectivity index (χ4v) is 4.29. The maximum atomic E-state index is 12.5. The highest BCUT2D eigenvalue weighted by Gasteiger charge is 2.20. The average molecular weight is 480 g/mol. The predicted molar refractivity (Wildman–Crippen MR) is 130 cm³/mol. The van der Waals surface area contributed by atoms with Gasteiger partial charge in [-0.15, -0.1) is 0 Å². The average Bonchev–Trinajstić information content (AvgIpc) is 2.72. The molecule has 0 aliphatic carbocycles. The monoisotopic (exact) mass is 479 g/mol. The van der Waals surface area contributed by atoms with Crippen LogP contribution in [0.15, 0.2) is 42.5 Å². The van der Waals surface area contributed by atoms with E-state index in [1.165, 1.54) is 4.31 Å². The maximum absolute atomic E-state index is 12.5. The van der Waals surface area contributed by atoms with Crippen molar-refractivity contribution in [1.29, 1.82) is 0 Å². The van der Waals surface area contributed by atoms with Gasteiger partial charge in [0.05, 0.1) is 23.2 Å². The second-order valence-corrected chi connectivity index (χ2v) is 10.1. The quantitative estimate of drug-likeness (QED) is 0.529. The van der Waals surface area contributed by atoms with Crippen molar-refractivity contribution in [2.24, 2.45) is 0 Å². The lowest BCUT2D eigenvalue weighted by Crippen LogP contribution is -2.33. The number of nitrogens with one attached hydrogen (secondary N) is 2. The number of benzene rings is 2. The molecule has 1 unspecified atom stereocenters. The van der Waals surface area contributed by atoms with E-state index in [0.29, 0.717) is 28.4 Å². The van der Waals surface area contributed by atoms with Crippen molar-refractivity contribution in [3.8, 4) is 0 Å². The third kappa shape index (κ3) is 7.24. The molecular formula is C23H30ClN3O4S. The van der Waals surface area contributed by atoms with Gasteiger partial charge in [-0.3, -0.25) is 13.9 Å². The number of aryl methyl sites for hydroxylation is 1. The molecule has 0 saturated heterocycles. The van der Waals surface area contributed by atoms with Gasteiger partial charge in [0.15, 0.2) is 0 Å². The van der Waals surface area contributed by atoms with Gasteiger partial charge in [-0.2, -0.15) is 0 Å². The molecule has 2 rings (SSSR count). The molecule has 0 bridgehead atoms.